The van der Waals surface area contributed by atoms with Gasteiger partial charge in [-0.2, -0.15) is 0 Å². The van der Waals surface area contributed by atoms with Crippen molar-refractivity contribution in [1.29, 1.82) is 0 Å². The number of aryl methyl sites for hydroxylation is 1. The minimum atomic E-state index is 0.0480. The van der Waals surface area contributed by atoms with E-state index < -0.39 is 0 Å². The Bertz CT molecular complexity index is 275. The van der Waals surface area contributed by atoms with E-state index in [1.54, 1.807) is 0 Å². The number of hydrogen-bond donors (Lipinski definition) is 1. The Balaban J connectivity index is 2.87. The van der Waals surface area contributed by atoms with Crippen LogP contribution in [0.15, 0.2) is 6.20 Å². The second-order valence-corrected chi connectivity index (χ2v) is 4.31. The summed E-state index contributed by atoms with van der Waals surface area (Å²) in [6.07, 6.45) is 2.75. The summed E-state index contributed by atoms with van der Waals surface area (Å²) in [5.41, 5.74) is 6.96. The molecule has 0 saturated carbocycles. The van der Waals surface area contributed by atoms with Crippen molar-refractivity contribution < 1.29 is 0 Å². The van der Waals surface area contributed by atoms with Gasteiger partial charge >= 0.3 is 0 Å². The molecule has 13 heavy (non-hydrogen) atoms. The largest absolute Gasteiger partial charge is 0.328 e. The smallest absolute Gasteiger partial charge is 0.0730 e. The Labute approximate surface area is 79.1 Å². The minimum absolute atomic E-state index is 0.0480. The molecule has 0 saturated heterocycles. The monoisotopic (exact) mass is 182 g/mol. The molecule has 0 amide bonds. The van der Waals surface area contributed by atoms with Crippen LogP contribution in [0.2, 0.25) is 0 Å². The van der Waals surface area contributed by atoms with Crippen LogP contribution in [0.25, 0.3) is 0 Å². The average molecular weight is 182 g/mol. The molecule has 0 radical (unpaired) electrons. The number of aromatic nitrogens is 3. The maximum atomic E-state index is 5.78. The lowest BCUT2D eigenvalue weighted by Gasteiger charge is -2.25. The molecule has 4 nitrogen and oxygen atoms in total. The molecule has 1 aromatic heterocycles. The number of hydrogen-bond acceptors (Lipinski definition) is 3. The normalized spacial score (nSPS) is 14.5. The predicted octanol–water partition coefficient (Wildman–Crippen LogP) is 0.830. The summed E-state index contributed by atoms with van der Waals surface area (Å²) in [5, 5.41) is 7.78. The van der Waals surface area contributed by atoms with Crippen molar-refractivity contribution in [3.8, 4) is 0 Å². The lowest BCUT2D eigenvalue weighted by Crippen LogP contribution is -2.30. The highest BCUT2D eigenvalue weighted by Crippen LogP contribution is 2.26. The van der Waals surface area contributed by atoms with Gasteiger partial charge in [0, 0.05) is 18.5 Å². The summed E-state index contributed by atoms with van der Waals surface area (Å²) in [6.45, 7) is 6.34. The Hall–Kier alpha value is -0.900. The zero-order chi connectivity index (χ0) is 10.1. The molecule has 0 aliphatic heterocycles. The molecule has 1 unspecified atom stereocenters. The SMILES string of the molecule is CC(N)CC(C)(C)c1cnnn1C. The first-order valence-corrected chi connectivity index (χ1v) is 4.54. The van der Waals surface area contributed by atoms with E-state index in [0.29, 0.717) is 0 Å². The Kier molecular flexibility index (Phi) is 2.71. The molecule has 0 aliphatic rings. The van der Waals surface area contributed by atoms with E-state index in [9.17, 15) is 0 Å². The molecule has 0 spiro atoms. The highest BCUT2D eigenvalue weighted by molar-refractivity contribution is 5.10. The third-order valence-corrected chi connectivity index (χ3v) is 2.24. The molecule has 4 heteroatoms. The second kappa shape index (κ2) is 3.46. The van der Waals surface area contributed by atoms with Gasteiger partial charge in [-0.15, -0.1) is 5.10 Å². The van der Waals surface area contributed by atoms with Gasteiger partial charge in [-0.3, -0.25) is 4.68 Å². The zero-order valence-corrected chi connectivity index (χ0v) is 8.78. The Morgan fingerprint density at radius 2 is 2.23 bits per heavy atom. The van der Waals surface area contributed by atoms with Crippen molar-refractivity contribution in [2.75, 3.05) is 0 Å². The van der Waals surface area contributed by atoms with Gasteiger partial charge in [0.1, 0.15) is 0 Å². The fourth-order valence-corrected chi connectivity index (χ4v) is 1.81. The lowest BCUT2D eigenvalue weighted by atomic mass is 9.83. The topological polar surface area (TPSA) is 56.7 Å². The van der Waals surface area contributed by atoms with Gasteiger partial charge in [0.25, 0.3) is 0 Å². The van der Waals surface area contributed by atoms with Crippen LogP contribution in [0, 0.1) is 0 Å². The zero-order valence-electron chi connectivity index (χ0n) is 8.78. The van der Waals surface area contributed by atoms with Crippen LogP contribution >= 0.6 is 0 Å². The van der Waals surface area contributed by atoms with E-state index in [0.717, 1.165) is 12.1 Å². The number of rotatable bonds is 3. The lowest BCUT2D eigenvalue weighted by molar-refractivity contribution is 0.408. The summed E-state index contributed by atoms with van der Waals surface area (Å²) >= 11 is 0. The first kappa shape index (κ1) is 10.2. The summed E-state index contributed by atoms with van der Waals surface area (Å²) < 4.78 is 1.81. The average Bonchev–Trinajstić information content (AvgIpc) is 2.32. The van der Waals surface area contributed by atoms with Crippen LogP contribution in [0.1, 0.15) is 32.9 Å². The van der Waals surface area contributed by atoms with Crippen LogP contribution in [-0.4, -0.2) is 21.0 Å². The van der Waals surface area contributed by atoms with E-state index in [1.807, 2.05) is 24.9 Å². The highest BCUT2D eigenvalue weighted by Gasteiger charge is 2.25. The second-order valence-electron chi connectivity index (χ2n) is 4.31. The number of nitrogens with zero attached hydrogens (tertiary/aromatic N) is 3. The first-order valence-electron chi connectivity index (χ1n) is 4.54. The fraction of sp³-hybridized carbons (Fsp3) is 0.778. The van der Waals surface area contributed by atoms with E-state index >= 15 is 0 Å². The van der Waals surface area contributed by atoms with Gasteiger partial charge in [0.2, 0.25) is 0 Å². The van der Waals surface area contributed by atoms with Crippen molar-refractivity contribution in [1.82, 2.24) is 15.0 Å². The highest BCUT2D eigenvalue weighted by atomic mass is 15.4. The summed E-state index contributed by atoms with van der Waals surface area (Å²) in [4.78, 5) is 0. The first-order chi connectivity index (χ1) is 5.93. The molecule has 2 N–H and O–H groups in total. The van der Waals surface area contributed by atoms with E-state index in [1.165, 1.54) is 0 Å². The van der Waals surface area contributed by atoms with Gasteiger partial charge in [0.15, 0.2) is 0 Å². The molecular weight excluding hydrogens is 164 g/mol. The van der Waals surface area contributed by atoms with E-state index in [-0.39, 0.29) is 11.5 Å². The maximum absolute atomic E-state index is 5.78. The maximum Gasteiger partial charge on any atom is 0.0730 e. The molecule has 1 atom stereocenters. The van der Waals surface area contributed by atoms with Crippen molar-refractivity contribution in [2.24, 2.45) is 12.8 Å². The molecular formula is C9H18N4. The van der Waals surface area contributed by atoms with Crippen molar-refractivity contribution in [3.63, 3.8) is 0 Å². The quantitative estimate of drug-likeness (QED) is 0.753. The molecule has 1 heterocycles. The third-order valence-electron chi connectivity index (χ3n) is 2.24. The molecule has 0 fully saturated rings. The molecule has 1 aromatic rings. The van der Waals surface area contributed by atoms with E-state index in [2.05, 4.69) is 24.2 Å². The summed E-state index contributed by atoms with van der Waals surface area (Å²) in [7, 11) is 1.91. The Morgan fingerprint density at radius 1 is 1.62 bits per heavy atom. The summed E-state index contributed by atoms with van der Waals surface area (Å²) in [5.74, 6) is 0. The van der Waals surface area contributed by atoms with Gasteiger partial charge in [0.05, 0.1) is 11.9 Å². The fourth-order valence-electron chi connectivity index (χ4n) is 1.81. The van der Waals surface area contributed by atoms with Crippen LogP contribution in [0.4, 0.5) is 0 Å². The van der Waals surface area contributed by atoms with Gasteiger partial charge in [-0.25, -0.2) is 0 Å². The van der Waals surface area contributed by atoms with Gasteiger partial charge in [-0.1, -0.05) is 19.1 Å². The summed E-state index contributed by atoms with van der Waals surface area (Å²) in [6, 6.07) is 0.199. The van der Waals surface area contributed by atoms with Crippen LogP contribution in [-0.2, 0) is 12.5 Å². The number of nitrogens with two attached hydrogens (primary N) is 1. The van der Waals surface area contributed by atoms with Crippen LogP contribution in [0.3, 0.4) is 0 Å². The molecule has 1 rings (SSSR count). The van der Waals surface area contributed by atoms with Crippen molar-refractivity contribution >= 4 is 0 Å². The third kappa shape index (κ3) is 2.28. The standard InChI is InChI=1S/C9H18N4/c1-7(10)5-9(2,3)8-6-11-12-13(8)4/h6-7H,5,10H2,1-4H3. The van der Waals surface area contributed by atoms with Crippen molar-refractivity contribution in [3.05, 3.63) is 11.9 Å². The van der Waals surface area contributed by atoms with Crippen molar-refractivity contribution in [2.45, 2.75) is 38.6 Å². The molecule has 0 aliphatic carbocycles. The van der Waals surface area contributed by atoms with Gasteiger partial charge < -0.3 is 5.73 Å². The molecule has 0 aromatic carbocycles. The molecule has 74 valence electrons. The minimum Gasteiger partial charge on any atom is -0.328 e. The predicted molar refractivity (Wildman–Crippen MR) is 52.3 cm³/mol. The van der Waals surface area contributed by atoms with Crippen LogP contribution in [0.5, 0.6) is 0 Å². The van der Waals surface area contributed by atoms with Gasteiger partial charge in [-0.05, 0) is 13.3 Å². The van der Waals surface area contributed by atoms with E-state index in [4.69, 9.17) is 5.73 Å². The molecule has 0 bridgehead atoms. The Morgan fingerprint density at radius 3 is 2.62 bits per heavy atom. The van der Waals surface area contributed by atoms with Crippen LogP contribution < -0.4 is 5.73 Å².